The molecule has 0 spiro atoms. The van der Waals surface area contributed by atoms with Crippen LogP contribution in [-0.2, 0) is 19.9 Å². The van der Waals surface area contributed by atoms with Gasteiger partial charge in [-0.1, -0.05) is 13.0 Å². The van der Waals surface area contributed by atoms with E-state index in [2.05, 4.69) is 24.9 Å². The molecule has 1 aromatic carbocycles. The Kier molecular flexibility index (Phi) is 7.93. The van der Waals surface area contributed by atoms with Crippen LogP contribution in [0.3, 0.4) is 0 Å². The summed E-state index contributed by atoms with van der Waals surface area (Å²) in [4.78, 5) is 8.58. The molecule has 0 radical (unpaired) electrons. The molecule has 2 unspecified atom stereocenters. The Hall–Kier alpha value is -3.26. The number of hydrogen-bond acceptors (Lipinski definition) is 10. The van der Waals surface area contributed by atoms with E-state index in [-0.39, 0.29) is 23.4 Å². The second-order valence-electron chi connectivity index (χ2n) is 9.41. The molecule has 38 heavy (non-hydrogen) atoms. The highest BCUT2D eigenvalue weighted by Gasteiger charge is 2.35. The summed E-state index contributed by atoms with van der Waals surface area (Å²) >= 11 is 0. The lowest BCUT2D eigenvalue weighted by Crippen LogP contribution is -2.31. The summed E-state index contributed by atoms with van der Waals surface area (Å²) in [6.07, 6.45) is 3.96. The molecule has 0 saturated carbocycles. The van der Waals surface area contributed by atoms with Gasteiger partial charge in [-0.05, 0) is 44.4 Å². The number of methoxy groups -OCH3 is 2. The fourth-order valence-corrected chi connectivity index (χ4v) is 7.11. The van der Waals surface area contributed by atoms with E-state index < -0.39 is 31.0 Å². The number of aromatic nitrogens is 5. The summed E-state index contributed by atoms with van der Waals surface area (Å²) in [5, 5.41) is 7.61. The summed E-state index contributed by atoms with van der Waals surface area (Å²) in [5.41, 5.74) is 1.28. The van der Waals surface area contributed by atoms with Crippen molar-refractivity contribution in [3.05, 3.63) is 47.8 Å². The molecule has 4 rings (SSSR count). The van der Waals surface area contributed by atoms with E-state index in [4.69, 9.17) is 9.47 Å². The molecule has 0 bridgehead atoms. The van der Waals surface area contributed by atoms with Crippen LogP contribution in [0.4, 0.5) is 5.95 Å². The fraction of sp³-hybridized carbons (Fsp3) is 0.500. The molecule has 206 valence electrons. The molecule has 1 aliphatic rings. The molecule has 2 aromatic heterocycles. The van der Waals surface area contributed by atoms with E-state index in [1.807, 2.05) is 6.92 Å². The van der Waals surface area contributed by atoms with Crippen molar-refractivity contribution >= 4 is 25.8 Å². The van der Waals surface area contributed by atoms with Crippen molar-refractivity contribution < 1.29 is 26.3 Å². The lowest BCUT2D eigenvalue weighted by Gasteiger charge is -2.24. The minimum atomic E-state index is -4.01. The maximum absolute atomic E-state index is 13.6. The number of rotatable bonds is 9. The van der Waals surface area contributed by atoms with Gasteiger partial charge >= 0.3 is 0 Å². The standard InChI is InChI=1S/C24H32N6O6S2/c1-15-13-25-22(26-14-15)16(2)17(3)38(33,34)29-24-28-27-23(18-9-11-37(31,32)12-10-18)30(24)21-19(35-4)7-6-8-20(21)36-5/h6-8,13-14,16-18H,9-12H2,1-5H3,(H,28,29). The average molecular weight is 565 g/mol. The van der Waals surface area contributed by atoms with Gasteiger partial charge in [0.05, 0.1) is 31.0 Å². The number of nitrogens with one attached hydrogen (secondary N) is 1. The van der Waals surface area contributed by atoms with E-state index in [1.54, 1.807) is 49.0 Å². The van der Waals surface area contributed by atoms with E-state index in [1.165, 1.54) is 14.2 Å². The molecule has 0 amide bonds. The first-order chi connectivity index (χ1) is 18.0. The molecule has 1 N–H and O–H groups in total. The lowest BCUT2D eigenvalue weighted by molar-refractivity contribution is 0.390. The van der Waals surface area contributed by atoms with Crippen LogP contribution in [-0.4, -0.2) is 72.5 Å². The zero-order valence-electron chi connectivity index (χ0n) is 21.9. The maximum Gasteiger partial charge on any atom is 0.243 e. The third-order valence-corrected chi connectivity index (χ3v) is 10.4. The maximum atomic E-state index is 13.6. The highest BCUT2D eigenvalue weighted by molar-refractivity contribution is 7.93. The monoisotopic (exact) mass is 564 g/mol. The molecule has 3 heterocycles. The third-order valence-electron chi connectivity index (χ3n) is 6.87. The van der Waals surface area contributed by atoms with Crippen LogP contribution in [0.1, 0.15) is 55.7 Å². The van der Waals surface area contributed by atoms with Gasteiger partial charge in [0, 0.05) is 24.2 Å². The molecule has 0 aliphatic carbocycles. The molecular formula is C24H32N6O6S2. The minimum Gasteiger partial charge on any atom is -0.494 e. The lowest BCUT2D eigenvalue weighted by atomic mass is 10.0. The molecule has 12 nitrogen and oxygen atoms in total. The molecule has 2 atom stereocenters. The Morgan fingerprint density at radius 1 is 1.03 bits per heavy atom. The van der Waals surface area contributed by atoms with Gasteiger partial charge in [0.2, 0.25) is 16.0 Å². The highest BCUT2D eigenvalue weighted by Crippen LogP contribution is 2.39. The third kappa shape index (κ3) is 5.60. The van der Waals surface area contributed by atoms with E-state index in [0.29, 0.717) is 41.7 Å². The number of hydrogen-bond donors (Lipinski definition) is 1. The number of aryl methyl sites for hydroxylation is 1. The first-order valence-corrected chi connectivity index (χ1v) is 15.5. The zero-order chi connectivity index (χ0) is 27.7. The predicted molar refractivity (Wildman–Crippen MR) is 142 cm³/mol. The zero-order valence-corrected chi connectivity index (χ0v) is 23.6. The molecule has 14 heteroatoms. The topological polar surface area (TPSA) is 155 Å². The van der Waals surface area contributed by atoms with Gasteiger partial charge in [0.25, 0.3) is 0 Å². The van der Waals surface area contributed by atoms with Crippen molar-refractivity contribution in [3.63, 3.8) is 0 Å². The van der Waals surface area contributed by atoms with E-state index in [9.17, 15) is 16.8 Å². The van der Waals surface area contributed by atoms with Gasteiger partial charge in [0.15, 0.2) is 0 Å². The van der Waals surface area contributed by atoms with Crippen molar-refractivity contribution in [2.45, 2.75) is 50.7 Å². The molecule has 1 aliphatic heterocycles. The molecular weight excluding hydrogens is 532 g/mol. The van der Waals surface area contributed by atoms with Gasteiger partial charge in [-0.25, -0.2) is 26.8 Å². The van der Waals surface area contributed by atoms with Gasteiger partial charge in [0.1, 0.15) is 38.7 Å². The Labute approximate surface area is 222 Å². The summed E-state index contributed by atoms with van der Waals surface area (Å²) in [6.45, 7) is 5.18. The first kappa shape index (κ1) is 27.8. The SMILES string of the molecule is COc1cccc(OC)c1-n1c(NS(=O)(=O)C(C)C(C)c2ncc(C)cn2)nnc1C1CCS(=O)(=O)CC1. The number of sulfonamides is 1. The van der Waals surface area contributed by atoms with Crippen LogP contribution in [0.15, 0.2) is 30.6 Å². The summed E-state index contributed by atoms with van der Waals surface area (Å²) < 4.78 is 66.6. The Balaban J connectivity index is 1.78. The number of benzene rings is 1. The van der Waals surface area contributed by atoms with Crippen LogP contribution < -0.4 is 14.2 Å². The Morgan fingerprint density at radius 2 is 1.61 bits per heavy atom. The van der Waals surface area contributed by atoms with Gasteiger partial charge < -0.3 is 9.47 Å². The average Bonchev–Trinajstić information content (AvgIpc) is 3.29. The summed E-state index contributed by atoms with van der Waals surface area (Å²) in [5.74, 6) is 0.824. The van der Waals surface area contributed by atoms with Crippen molar-refractivity contribution in [2.24, 2.45) is 0 Å². The summed E-state index contributed by atoms with van der Waals surface area (Å²) in [7, 11) is -4.15. The second kappa shape index (κ2) is 10.8. The van der Waals surface area contributed by atoms with Crippen LogP contribution in [0.2, 0.25) is 0 Å². The number of anilines is 1. The predicted octanol–water partition coefficient (Wildman–Crippen LogP) is 2.61. The van der Waals surface area contributed by atoms with Crippen molar-refractivity contribution in [1.82, 2.24) is 24.7 Å². The quantitative estimate of drug-likeness (QED) is 0.410. The van der Waals surface area contributed by atoms with Gasteiger partial charge in [-0.3, -0.25) is 9.29 Å². The van der Waals surface area contributed by atoms with E-state index in [0.717, 1.165) is 5.56 Å². The number of nitrogens with zero attached hydrogens (tertiary/aromatic N) is 5. The second-order valence-corrected chi connectivity index (χ2v) is 13.8. The van der Waals surface area contributed by atoms with Crippen LogP contribution >= 0.6 is 0 Å². The van der Waals surface area contributed by atoms with Crippen molar-refractivity contribution in [3.8, 4) is 17.2 Å². The molecule has 1 saturated heterocycles. The van der Waals surface area contributed by atoms with Gasteiger partial charge in [-0.2, -0.15) is 0 Å². The van der Waals surface area contributed by atoms with Crippen LogP contribution in [0, 0.1) is 6.92 Å². The van der Waals surface area contributed by atoms with Crippen LogP contribution in [0.5, 0.6) is 11.5 Å². The van der Waals surface area contributed by atoms with Gasteiger partial charge in [-0.15, -0.1) is 10.2 Å². The number of para-hydroxylation sites is 1. The number of ether oxygens (including phenoxy) is 2. The largest absolute Gasteiger partial charge is 0.494 e. The first-order valence-electron chi connectivity index (χ1n) is 12.1. The Bertz CT molecular complexity index is 1470. The minimum absolute atomic E-state index is 0.0136. The Morgan fingerprint density at radius 3 is 2.16 bits per heavy atom. The highest BCUT2D eigenvalue weighted by atomic mass is 32.2. The fourth-order valence-electron chi connectivity index (χ4n) is 4.38. The molecule has 1 fully saturated rings. The smallest absolute Gasteiger partial charge is 0.243 e. The van der Waals surface area contributed by atoms with Crippen molar-refractivity contribution in [1.29, 1.82) is 0 Å². The normalized spacial score (nSPS) is 17.5. The molecule has 3 aromatic rings. The number of sulfone groups is 1. The van der Waals surface area contributed by atoms with Crippen molar-refractivity contribution in [2.75, 3.05) is 30.4 Å². The summed E-state index contributed by atoms with van der Waals surface area (Å²) in [6, 6.07) is 5.17. The van der Waals surface area contributed by atoms with E-state index >= 15 is 0 Å². The van der Waals surface area contributed by atoms with Crippen LogP contribution in [0.25, 0.3) is 5.69 Å².